The van der Waals surface area contributed by atoms with Crippen molar-refractivity contribution in [1.82, 2.24) is 5.32 Å². The average molecular weight is 244 g/mol. The van der Waals surface area contributed by atoms with Gasteiger partial charge in [0.05, 0.1) is 0 Å². The number of urea groups is 1. The largest absolute Gasteiger partial charge is 0.334 e. The number of amides is 2. The van der Waals surface area contributed by atoms with Crippen LogP contribution in [0.25, 0.3) is 0 Å². The van der Waals surface area contributed by atoms with Gasteiger partial charge in [0.2, 0.25) is 0 Å². The molecule has 0 spiro atoms. The van der Waals surface area contributed by atoms with Gasteiger partial charge in [0.15, 0.2) is 0 Å². The lowest BCUT2D eigenvalue weighted by atomic mass is 10.2. The molecule has 0 bridgehead atoms. The van der Waals surface area contributed by atoms with Crippen LogP contribution in [0.4, 0.5) is 14.9 Å². The average Bonchev–Trinajstić information content (AvgIpc) is 2.39. The molecule has 0 aliphatic carbocycles. The quantitative estimate of drug-likeness (QED) is 0.855. The molecule has 0 atom stereocenters. The molecule has 2 rings (SSSR count). The molecular weight excluding hydrogens is 231 g/mol. The Morgan fingerprint density at radius 1 is 1.00 bits per heavy atom. The number of carbonyl (C=O) groups is 1. The molecule has 0 aliphatic heterocycles. The third kappa shape index (κ3) is 3.31. The van der Waals surface area contributed by atoms with E-state index in [1.54, 1.807) is 30.3 Å². The van der Waals surface area contributed by atoms with Gasteiger partial charge in [-0.25, -0.2) is 9.18 Å². The van der Waals surface area contributed by atoms with Crippen molar-refractivity contribution in [3.8, 4) is 0 Å². The summed E-state index contributed by atoms with van der Waals surface area (Å²) in [4.78, 5) is 11.6. The fourth-order valence-corrected chi connectivity index (χ4v) is 1.51. The molecule has 2 N–H and O–H groups in total. The zero-order valence-electron chi connectivity index (χ0n) is 9.69. The third-order valence-corrected chi connectivity index (χ3v) is 2.43. The number of para-hydroxylation sites is 1. The van der Waals surface area contributed by atoms with Gasteiger partial charge in [0, 0.05) is 17.8 Å². The van der Waals surface area contributed by atoms with E-state index in [9.17, 15) is 9.18 Å². The van der Waals surface area contributed by atoms with Gasteiger partial charge in [-0.2, -0.15) is 0 Å². The Morgan fingerprint density at radius 3 is 2.39 bits per heavy atom. The van der Waals surface area contributed by atoms with Crippen molar-refractivity contribution in [1.29, 1.82) is 0 Å². The molecule has 0 heterocycles. The normalized spacial score (nSPS) is 9.83. The van der Waals surface area contributed by atoms with Crippen molar-refractivity contribution in [2.24, 2.45) is 0 Å². The van der Waals surface area contributed by atoms with E-state index in [-0.39, 0.29) is 18.4 Å². The molecule has 0 aromatic heterocycles. The van der Waals surface area contributed by atoms with E-state index < -0.39 is 0 Å². The minimum absolute atomic E-state index is 0.158. The van der Waals surface area contributed by atoms with Gasteiger partial charge in [-0.15, -0.1) is 0 Å². The minimum Gasteiger partial charge on any atom is -0.334 e. The molecule has 0 aliphatic rings. The lowest BCUT2D eigenvalue weighted by Gasteiger charge is -2.08. The highest BCUT2D eigenvalue weighted by atomic mass is 19.1. The standard InChI is InChI=1S/C14H13FN2O/c15-13-9-5-4-6-11(13)10-16-14(18)17-12-7-2-1-3-8-12/h1-9H,10H2,(H2,16,17,18). The van der Waals surface area contributed by atoms with Crippen LogP contribution in [0, 0.1) is 5.82 Å². The lowest BCUT2D eigenvalue weighted by Crippen LogP contribution is -2.28. The molecule has 4 heteroatoms. The van der Waals surface area contributed by atoms with Crippen LogP contribution < -0.4 is 10.6 Å². The van der Waals surface area contributed by atoms with Crippen molar-refractivity contribution in [2.75, 3.05) is 5.32 Å². The van der Waals surface area contributed by atoms with Crippen LogP contribution in [0.5, 0.6) is 0 Å². The van der Waals surface area contributed by atoms with Gasteiger partial charge in [-0.05, 0) is 18.2 Å². The third-order valence-electron chi connectivity index (χ3n) is 2.43. The Bertz CT molecular complexity index is 528. The second-order valence-corrected chi connectivity index (χ2v) is 3.77. The van der Waals surface area contributed by atoms with E-state index in [4.69, 9.17) is 0 Å². The number of hydrogen-bond donors (Lipinski definition) is 2. The summed E-state index contributed by atoms with van der Waals surface area (Å²) in [7, 11) is 0. The van der Waals surface area contributed by atoms with E-state index in [1.807, 2.05) is 18.2 Å². The predicted octanol–water partition coefficient (Wildman–Crippen LogP) is 3.15. The maximum absolute atomic E-state index is 13.3. The topological polar surface area (TPSA) is 41.1 Å². The van der Waals surface area contributed by atoms with Crippen LogP contribution in [0.15, 0.2) is 54.6 Å². The number of rotatable bonds is 3. The first-order valence-corrected chi connectivity index (χ1v) is 5.59. The van der Waals surface area contributed by atoms with Gasteiger partial charge in [0.1, 0.15) is 5.82 Å². The van der Waals surface area contributed by atoms with Gasteiger partial charge in [0.25, 0.3) is 0 Å². The van der Waals surface area contributed by atoms with E-state index in [2.05, 4.69) is 10.6 Å². The first kappa shape index (κ1) is 12.1. The zero-order valence-corrected chi connectivity index (χ0v) is 9.69. The van der Waals surface area contributed by atoms with Gasteiger partial charge < -0.3 is 10.6 Å². The maximum atomic E-state index is 13.3. The molecular formula is C14H13FN2O. The summed E-state index contributed by atoms with van der Waals surface area (Å²) in [6.45, 7) is 0.158. The first-order valence-electron chi connectivity index (χ1n) is 5.59. The molecule has 92 valence electrons. The Hall–Kier alpha value is -2.36. The molecule has 2 amide bonds. The number of nitrogens with one attached hydrogen (secondary N) is 2. The summed E-state index contributed by atoms with van der Waals surface area (Å²) in [5.41, 5.74) is 1.16. The van der Waals surface area contributed by atoms with Gasteiger partial charge in [-0.1, -0.05) is 36.4 Å². The number of benzene rings is 2. The Morgan fingerprint density at radius 2 is 1.67 bits per heavy atom. The number of carbonyl (C=O) groups excluding carboxylic acids is 1. The van der Waals surface area contributed by atoms with Crippen molar-refractivity contribution in [3.63, 3.8) is 0 Å². The highest BCUT2D eigenvalue weighted by molar-refractivity contribution is 5.89. The summed E-state index contributed by atoms with van der Waals surface area (Å²) in [5, 5.41) is 5.26. The van der Waals surface area contributed by atoms with Crippen LogP contribution in [0.3, 0.4) is 0 Å². The smallest absolute Gasteiger partial charge is 0.319 e. The summed E-state index contributed by atoms with van der Waals surface area (Å²) >= 11 is 0. The minimum atomic E-state index is -0.357. The molecule has 2 aromatic carbocycles. The van der Waals surface area contributed by atoms with Crippen LogP contribution in [-0.2, 0) is 6.54 Å². The second-order valence-electron chi connectivity index (χ2n) is 3.77. The Kier molecular flexibility index (Phi) is 3.91. The van der Waals surface area contributed by atoms with Crippen molar-refractivity contribution < 1.29 is 9.18 Å². The van der Waals surface area contributed by atoms with Crippen LogP contribution >= 0.6 is 0 Å². The fraction of sp³-hybridized carbons (Fsp3) is 0.0714. The molecule has 0 saturated heterocycles. The summed E-state index contributed by atoms with van der Waals surface area (Å²) in [6.07, 6.45) is 0. The number of halogens is 1. The van der Waals surface area contributed by atoms with Crippen LogP contribution in [0.1, 0.15) is 5.56 Å². The molecule has 3 nitrogen and oxygen atoms in total. The monoisotopic (exact) mass is 244 g/mol. The highest BCUT2D eigenvalue weighted by Crippen LogP contribution is 2.07. The van der Waals surface area contributed by atoms with Crippen LogP contribution in [-0.4, -0.2) is 6.03 Å². The molecule has 0 unspecified atom stereocenters. The SMILES string of the molecule is O=C(NCc1ccccc1F)Nc1ccccc1. The molecule has 18 heavy (non-hydrogen) atoms. The van der Waals surface area contributed by atoms with E-state index in [1.165, 1.54) is 6.07 Å². The summed E-state index contributed by atoms with van der Waals surface area (Å²) < 4.78 is 13.3. The lowest BCUT2D eigenvalue weighted by molar-refractivity contribution is 0.251. The van der Waals surface area contributed by atoms with Crippen molar-refractivity contribution in [2.45, 2.75) is 6.54 Å². The van der Waals surface area contributed by atoms with Gasteiger partial charge in [-0.3, -0.25) is 0 Å². The molecule has 2 aromatic rings. The molecule has 0 fully saturated rings. The second kappa shape index (κ2) is 5.82. The Balaban J connectivity index is 1.88. The predicted molar refractivity (Wildman–Crippen MR) is 68.7 cm³/mol. The van der Waals surface area contributed by atoms with Crippen LogP contribution in [0.2, 0.25) is 0 Å². The molecule has 0 saturated carbocycles. The van der Waals surface area contributed by atoms with E-state index in [0.29, 0.717) is 11.3 Å². The van der Waals surface area contributed by atoms with Crippen molar-refractivity contribution in [3.05, 3.63) is 66.0 Å². The number of hydrogen-bond acceptors (Lipinski definition) is 1. The zero-order chi connectivity index (χ0) is 12.8. The van der Waals surface area contributed by atoms with Crippen molar-refractivity contribution >= 4 is 11.7 Å². The first-order chi connectivity index (χ1) is 8.75. The Labute approximate surface area is 105 Å². The fourth-order valence-electron chi connectivity index (χ4n) is 1.51. The summed E-state index contributed by atoms with van der Waals surface area (Å²) in [6, 6.07) is 15.1. The van der Waals surface area contributed by atoms with E-state index in [0.717, 1.165) is 0 Å². The molecule has 0 radical (unpaired) electrons. The number of anilines is 1. The van der Waals surface area contributed by atoms with E-state index >= 15 is 0 Å². The highest BCUT2D eigenvalue weighted by Gasteiger charge is 2.03. The maximum Gasteiger partial charge on any atom is 0.319 e. The van der Waals surface area contributed by atoms with Gasteiger partial charge >= 0.3 is 6.03 Å². The summed E-state index contributed by atoms with van der Waals surface area (Å²) in [5.74, 6) is -0.322.